The van der Waals surface area contributed by atoms with Crippen molar-refractivity contribution in [2.75, 3.05) is 0 Å². The summed E-state index contributed by atoms with van der Waals surface area (Å²) in [6.07, 6.45) is 2.32. The van der Waals surface area contributed by atoms with Gasteiger partial charge in [-0.2, -0.15) is 0 Å². The second kappa shape index (κ2) is 6.81. The number of carbonyl (C=O) groups is 3. The maximum Gasteiger partial charge on any atom is 0.326 e. The van der Waals surface area contributed by atoms with Gasteiger partial charge in [0, 0.05) is 17.0 Å². The van der Waals surface area contributed by atoms with E-state index >= 15 is 0 Å². The molecule has 2 unspecified atom stereocenters. The van der Waals surface area contributed by atoms with Crippen LogP contribution in [0.4, 0.5) is 4.79 Å². The fourth-order valence-corrected chi connectivity index (χ4v) is 4.91. The minimum Gasteiger partial charge on any atom is -0.350 e. The molecule has 1 aromatic heterocycles. The van der Waals surface area contributed by atoms with Gasteiger partial charge < -0.3 is 10.6 Å². The Kier molecular flexibility index (Phi) is 4.47. The lowest BCUT2D eigenvalue weighted by Crippen LogP contribution is -2.50. The molecule has 7 heteroatoms. The van der Waals surface area contributed by atoms with E-state index in [0.29, 0.717) is 13.0 Å². The molecule has 0 radical (unpaired) electrons. The van der Waals surface area contributed by atoms with E-state index in [0.717, 1.165) is 33.7 Å². The number of nitrogens with zero attached hydrogens (tertiary/aromatic N) is 1. The Morgan fingerprint density at radius 2 is 2.07 bits per heavy atom. The number of hydrogen-bond acceptors (Lipinski definition) is 4. The lowest BCUT2D eigenvalue weighted by molar-refractivity contribution is -0.138. The number of nitrogens with one attached hydrogen (secondary N) is 2. The number of aryl methyl sites for hydroxylation is 1. The molecule has 2 N–H and O–H groups in total. The molecule has 2 atom stereocenters. The second-order valence-corrected chi connectivity index (χ2v) is 8.00. The molecule has 1 aliphatic carbocycles. The van der Waals surface area contributed by atoms with Crippen LogP contribution in [0.1, 0.15) is 35.8 Å². The van der Waals surface area contributed by atoms with Gasteiger partial charge in [-0.25, -0.2) is 9.69 Å². The summed E-state index contributed by atoms with van der Waals surface area (Å²) in [5, 5.41) is 7.65. The quantitative estimate of drug-likeness (QED) is 0.797. The highest BCUT2D eigenvalue weighted by Crippen LogP contribution is 2.42. The summed E-state index contributed by atoms with van der Waals surface area (Å²) in [7, 11) is 0. The molecule has 1 saturated heterocycles. The van der Waals surface area contributed by atoms with Crippen LogP contribution in [0.25, 0.3) is 0 Å². The van der Waals surface area contributed by atoms with Crippen LogP contribution in [0.3, 0.4) is 0 Å². The standard InChI is InChI=1S/C20H21N3O3S/c1-13(17(24)21-12-14-6-3-2-4-7-14)23-18(25)20(22-19(23)26)10-5-8-16-15(20)9-11-27-16/h2-4,6-7,9,11,13H,5,8,10,12H2,1H3,(H,21,24)(H,22,26). The van der Waals surface area contributed by atoms with Gasteiger partial charge >= 0.3 is 6.03 Å². The summed E-state index contributed by atoms with van der Waals surface area (Å²) in [6.45, 7) is 1.95. The van der Waals surface area contributed by atoms with E-state index in [-0.39, 0.29) is 11.8 Å². The van der Waals surface area contributed by atoms with E-state index in [1.165, 1.54) is 0 Å². The first kappa shape index (κ1) is 17.7. The summed E-state index contributed by atoms with van der Waals surface area (Å²) >= 11 is 1.61. The second-order valence-electron chi connectivity index (χ2n) is 7.00. The zero-order valence-corrected chi connectivity index (χ0v) is 15.8. The van der Waals surface area contributed by atoms with Crippen molar-refractivity contribution in [1.29, 1.82) is 0 Å². The van der Waals surface area contributed by atoms with Gasteiger partial charge in [-0.05, 0) is 43.2 Å². The summed E-state index contributed by atoms with van der Waals surface area (Å²) in [6, 6.07) is 10.1. The normalized spacial score (nSPS) is 22.5. The maximum atomic E-state index is 13.2. The fourth-order valence-electron chi connectivity index (χ4n) is 3.91. The van der Waals surface area contributed by atoms with E-state index in [2.05, 4.69) is 10.6 Å². The van der Waals surface area contributed by atoms with Crippen molar-refractivity contribution in [3.8, 4) is 0 Å². The average molecular weight is 383 g/mol. The van der Waals surface area contributed by atoms with Crippen LogP contribution >= 0.6 is 11.3 Å². The Balaban J connectivity index is 1.52. The number of thiophene rings is 1. The Bertz CT molecular complexity index is 895. The van der Waals surface area contributed by atoms with Gasteiger partial charge in [0.05, 0.1) is 0 Å². The Hall–Kier alpha value is -2.67. The number of benzene rings is 1. The average Bonchev–Trinajstić information content (AvgIpc) is 3.25. The third-order valence-corrected chi connectivity index (χ3v) is 6.34. The Morgan fingerprint density at radius 1 is 1.30 bits per heavy atom. The Labute approximate surface area is 161 Å². The number of rotatable bonds is 4. The van der Waals surface area contributed by atoms with Crippen molar-refractivity contribution in [1.82, 2.24) is 15.5 Å². The van der Waals surface area contributed by atoms with E-state index in [4.69, 9.17) is 0 Å². The zero-order chi connectivity index (χ0) is 19.0. The molecule has 1 aliphatic heterocycles. The van der Waals surface area contributed by atoms with Crippen LogP contribution in [0, 0.1) is 0 Å². The first-order chi connectivity index (χ1) is 13.0. The Morgan fingerprint density at radius 3 is 2.85 bits per heavy atom. The van der Waals surface area contributed by atoms with E-state index < -0.39 is 17.6 Å². The fraction of sp³-hybridized carbons (Fsp3) is 0.350. The number of fused-ring (bicyclic) bond motifs is 2. The summed E-state index contributed by atoms with van der Waals surface area (Å²) in [5.74, 6) is -0.671. The lowest BCUT2D eigenvalue weighted by atomic mass is 9.80. The summed E-state index contributed by atoms with van der Waals surface area (Å²) < 4.78 is 0. The highest BCUT2D eigenvalue weighted by Gasteiger charge is 2.56. The zero-order valence-electron chi connectivity index (χ0n) is 15.0. The molecule has 6 nitrogen and oxygen atoms in total. The third-order valence-electron chi connectivity index (χ3n) is 5.36. The van der Waals surface area contributed by atoms with Gasteiger partial charge in [-0.1, -0.05) is 30.3 Å². The monoisotopic (exact) mass is 383 g/mol. The first-order valence-electron chi connectivity index (χ1n) is 9.07. The van der Waals surface area contributed by atoms with Crippen molar-refractivity contribution in [2.45, 2.75) is 44.3 Å². The van der Waals surface area contributed by atoms with Crippen molar-refractivity contribution >= 4 is 29.2 Å². The molecule has 2 aromatic rings. The van der Waals surface area contributed by atoms with Crippen molar-refractivity contribution in [3.63, 3.8) is 0 Å². The molecule has 2 aliphatic rings. The highest BCUT2D eigenvalue weighted by molar-refractivity contribution is 7.10. The molecular formula is C20H21N3O3S. The van der Waals surface area contributed by atoms with E-state index in [9.17, 15) is 14.4 Å². The molecule has 0 bridgehead atoms. The molecule has 4 amide bonds. The van der Waals surface area contributed by atoms with Gasteiger partial charge in [0.1, 0.15) is 11.6 Å². The van der Waals surface area contributed by atoms with Crippen LogP contribution < -0.4 is 10.6 Å². The molecule has 140 valence electrons. The van der Waals surface area contributed by atoms with Crippen LogP contribution in [0.2, 0.25) is 0 Å². The SMILES string of the molecule is CC(C(=O)NCc1ccccc1)N1C(=O)NC2(CCCc3sccc32)C1=O. The van der Waals surface area contributed by atoms with Gasteiger partial charge in [-0.15, -0.1) is 11.3 Å². The van der Waals surface area contributed by atoms with Crippen LogP contribution in [-0.2, 0) is 28.1 Å². The lowest BCUT2D eigenvalue weighted by Gasteiger charge is -2.31. The van der Waals surface area contributed by atoms with Crippen LogP contribution in [0.15, 0.2) is 41.8 Å². The molecule has 1 spiro atoms. The van der Waals surface area contributed by atoms with E-state index in [1.54, 1.807) is 18.3 Å². The number of carbonyl (C=O) groups excluding carboxylic acids is 3. The van der Waals surface area contributed by atoms with Gasteiger partial charge in [0.15, 0.2) is 0 Å². The predicted molar refractivity (Wildman–Crippen MR) is 102 cm³/mol. The third kappa shape index (κ3) is 2.92. The smallest absolute Gasteiger partial charge is 0.326 e. The topological polar surface area (TPSA) is 78.5 Å². The summed E-state index contributed by atoms with van der Waals surface area (Å²) in [5.41, 5.74) is 0.831. The van der Waals surface area contributed by atoms with Crippen LogP contribution in [0.5, 0.6) is 0 Å². The van der Waals surface area contributed by atoms with Crippen molar-refractivity contribution in [2.24, 2.45) is 0 Å². The first-order valence-corrected chi connectivity index (χ1v) is 9.95. The number of hydrogen-bond donors (Lipinski definition) is 2. The number of imide groups is 1. The van der Waals surface area contributed by atoms with Crippen molar-refractivity contribution < 1.29 is 14.4 Å². The predicted octanol–water partition coefficient (Wildman–Crippen LogP) is 2.54. The summed E-state index contributed by atoms with van der Waals surface area (Å²) in [4.78, 5) is 40.7. The van der Waals surface area contributed by atoms with Crippen molar-refractivity contribution in [3.05, 3.63) is 57.8 Å². The number of amides is 4. The van der Waals surface area contributed by atoms with Gasteiger partial charge in [-0.3, -0.25) is 9.59 Å². The van der Waals surface area contributed by atoms with E-state index in [1.807, 2.05) is 41.8 Å². The maximum absolute atomic E-state index is 13.2. The highest BCUT2D eigenvalue weighted by atomic mass is 32.1. The van der Waals surface area contributed by atoms with Gasteiger partial charge in [0.2, 0.25) is 5.91 Å². The minimum absolute atomic E-state index is 0.325. The molecule has 1 aromatic carbocycles. The molecule has 2 heterocycles. The molecule has 0 saturated carbocycles. The molecule has 27 heavy (non-hydrogen) atoms. The number of urea groups is 1. The molecular weight excluding hydrogens is 362 g/mol. The minimum atomic E-state index is -1.02. The molecule has 1 fully saturated rings. The largest absolute Gasteiger partial charge is 0.350 e. The molecule has 4 rings (SSSR count). The van der Waals surface area contributed by atoms with Gasteiger partial charge in [0.25, 0.3) is 5.91 Å². The van der Waals surface area contributed by atoms with Crippen LogP contribution in [-0.4, -0.2) is 28.8 Å².